The monoisotopic (exact) mass is 259 g/mol. The third-order valence-corrected chi connectivity index (χ3v) is 4.51. The molecule has 2 saturated heterocycles. The molecule has 1 aromatic heterocycles. The maximum Gasteiger partial charge on any atom is 0.226 e. The fourth-order valence-corrected chi connectivity index (χ4v) is 3.08. The van der Waals surface area contributed by atoms with Crippen molar-refractivity contribution >= 4 is 5.91 Å². The molecule has 0 aliphatic carbocycles. The molecule has 3 heterocycles. The Morgan fingerprint density at radius 2 is 2.37 bits per heavy atom. The molecule has 2 aliphatic rings. The molecule has 3 rings (SSSR count). The number of nitrogens with one attached hydrogen (secondary N) is 1. The summed E-state index contributed by atoms with van der Waals surface area (Å²) in [5.41, 5.74) is 1.17. The van der Waals surface area contributed by atoms with Gasteiger partial charge in [-0.15, -0.1) is 0 Å². The van der Waals surface area contributed by atoms with Crippen molar-refractivity contribution < 1.29 is 4.79 Å². The Hall–Kier alpha value is -1.42. The Morgan fingerprint density at radius 1 is 1.53 bits per heavy atom. The van der Waals surface area contributed by atoms with E-state index in [4.69, 9.17) is 0 Å². The molecule has 0 saturated carbocycles. The Labute approximate surface area is 114 Å². The third-order valence-electron chi connectivity index (χ3n) is 4.51. The molecule has 2 atom stereocenters. The molecular formula is C15H21N3O. The molecule has 1 aromatic rings. The maximum absolute atomic E-state index is 12.6. The molecule has 0 aromatic carbocycles. The lowest BCUT2D eigenvalue weighted by molar-refractivity contribution is -0.138. The molecule has 2 fully saturated rings. The predicted octanol–water partition coefficient (Wildman–Crippen LogP) is 1.60. The highest BCUT2D eigenvalue weighted by molar-refractivity contribution is 5.79. The molecule has 2 aliphatic heterocycles. The van der Waals surface area contributed by atoms with Crippen LogP contribution in [-0.2, 0) is 4.79 Å². The largest absolute Gasteiger partial charge is 0.335 e. The van der Waals surface area contributed by atoms with Gasteiger partial charge in [-0.3, -0.25) is 9.78 Å². The second-order valence-corrected chi connectivity index (χ2v) is 5.68. The van der Waals surface area contributed by atoms with Crippen molar-refractivity contribution in [1.29, 1.82) is 0 Å². The van der Waals surface area contributed by atoms with Crippen molar-refractivity contribution in [3.8, 4) is 0 Å². The molecule has 1 amide bonds. The van der Waals surface area contributed by atoms with Crippen LogP contribution in [0.25, 0.3) is 0 Å². The van der Waals surface area contributed by atoms with E-state index in [1.807, 2.05) is 12.3 Å². The minimum Gasteiger partial charge on any atom is -0.335 e. The Kier molecular flexibility index (Phi) is 3.51. The summed E-state index contributed by atoms with van der Waals surface area (Å²) in [6.45, 7) is 4.94. The predicted molar refractivity (Wildman–Crippen MR) is 73.4 cm³/mol. The molecule has 4 heteroatoms. The first-order valence-corrected chi connectivity index (χ1v) is 7.18. The van der Waals surface area contributed by atoms with E-state index in [1.165, 1.54) is 5.56 Å². The van der Waals surface area contributed by atoms with Gasteiger partial charge in [-0.1, -0.05) is 13.0 Å². The van der Waals surface area contributed by atoms with E-state index >= 15 is 0 Å². The van der Waals surface area contributed by atoms with Crippen molar-refractivity contribution in [2.45, 2.75) is 25.8 Å². The second-order valence-electron chi connectivity index (χ2n) is 5.68. The molecular weight excluding hydrogens is 238 g/mol. The first kappa shape index (κ1) is 12.6. The van der Waals surface area contributed by atoms with Crippen molar-refractivity contribution in [2.75, 3.05) is 19.6 Å². The number of rotatable bonds is 3. The minimum absolute atomic E-state index is 0.138. The van der Waals surface area contributed by atoms with Crippen molar-refractivity contribution in [3.05, 3.63) is 30.1 Å². The number of hydrogen-bond donors (Lipinski definition) is 1. The molecule has 102 valence electrons. The van der Waals surface area contributed by atoms with E-state index < -0.39 is 0 Å². The van der Waals surface area contributed by atoms with Gasteiger partial charge in [0.25, 0.3) is 0 Å². The summed E-state index contributed by atoms with van der Waals surface area (Å²) < 4.78 is 0. The van der Waals surface area contributed by atoms with Crippen LogP contribution in [0.1, 0.15) is 31.4 Å². The van der Waals surface area contributed by atoms with E-state index in [-0.39, 0.29) is 12.0 Å². The van der Waals surface area contributed by atoms with Gasteiger partial charge in [0.2, 0.25) is 5.91 Å². The van der Waals surface area contributed by atoms with Crippen LogP contribution in [0.2, 0.25) is 0 Å². The average molecular weight is 259 g/mol. The molecule has 2 unspecified atom stereocenters. The van der Waals surface area contributed by atoms with Gasteiger partial charge in [0.1, 0.15) is 0 Å². The zero-order valence-electron chi connectivity index (χ0n) is 11.4. The number of nitrogens with zero attached hydrogens (tertiary/aromatic N) is 2. The van der Waals surface area contributed by atoms with E-state index in [0.717, 1.165) is 32.5 Å². The highest BCUT2D eigenvalue weighted by Gasteiger charge is 2.36. The quantitative estimate of drug-likeness (QED) is 0.897. The standard InChI is InChI=1S/C15H21N3O/c1-11(13-9-17-10-13)15(19)18-7-3-5-14(18)12-4-2-6-16-8-12/h2,4,6,8,11,13-14,17H,3,5,7,9-10H2,1H3. The maximum atomic E-state index is 12.6. The number of aromatic nitrogens is 1. The van der Waals surface area contributed by atoms with E-state index in [9.17, 15) is 4.79 Å². The molecule has 0 radical (unpaired) electrons. The number of hydrogen-bond acceptors (Lipinski definition) is 3. The van der Waals surface area contributed by atoms with Crippen LogP contribution in [-0.4, -0.2) is 35.4 Å². The van der Waals surface area contributed by atoms with Gasteiger partial charge < -0.3 is 10.2 Å². The third kappa shape index (κ3) is 2.37. The van der Waals surface area contributed by atoms with Crippen molar-refractivity contribution in [1.82, 2.24) is 15.2 Å². The topological polar surface area (TPSA) is 45.2 Å². The summed E-state index contributed by atoms with van der Waals surface area (Å²) in [6.07, 6.45) is 5.84. The number of carbonyl (C=O) groups is 1. The number of carbonyl (C=O) groups excluding carboxylic acids is 1. The van der Waals surface area contributed by atoms with Crippen molar-refractivity contribution in [3.63, 3.8) is 0 Å². The van der Waals surface area contributed by atoms with Crippen LogP contribution in [0.4, 0.5) is 0 Å². The van der Waals surface area contributed by atoms with Crippen LogP contribution in [0.3, 0.4) is 0 Å². The zero-order chi connectivity index (χ0) is 13.2. The first-order chi connectivity index (χ1) is 9.27. The zero-order valence-corrected chi connectivity index (χ0v) is 11.4. The van der Waals surface area contributed by atoms with Crippen LogP contribution >= 0.6 is 0 Å². The number of amides is 1. The summed E-state index contributed by atoms with van der Waals surface area (Å²) in [4.78, 5) is 18.9. The summed E-state index contributed by atoms with van der Waals surface area (Å²) in [7, 11) is 0. The molecule has 0 spiro atoms. The Balaban J connectivity index is 1.74. The van der Waals surface area contributed by atoms with Gasteiger partial charge in [0.05, 0.1) is 6.04 Å². The summed E-state index contributed by atoms with van der Waals surface area (Å²) in [5.74, 6) is 0.971. The van der Waals surface area contributed by atoms with E-state index in [2.05, 4.69) is 28.2 Å². The first-order valence-electron chi connectivity index (χ1n) is 7.18. The fourth-order valence-electron chi connectivity index (χ4n) is 3.08. The van der Waals surface area contributed by atoms with Crippen LogP contribution in [0.15, 0.2) is 24.5 Å². The normalized spacial score (nSPS) is 25.1. The van der Waals surface area contributed by atoms with Gasteiger partial charge in [-0.2, -0.15) is 0 Å². The highest BCUT2D eigenvalue weighted by Crippen LogP contribution is 2.33. The second kappa shape index (κ2) is 5.29. The summed E-state index contributed by atoms with van der Waals surface area (Å²) in [5, 5.41) is 3.25. The molecule has 0 bridgehead atoms. The van der Waals surface area contributed by atoms with Crippen LogP contribution in [0, 0.1) is 11.8 Å². The van der Waals surface area contributed by atoms with E-state index in [0.29, 0.717) is 11.8 Å². The van der Waals surface area contributed by atoms with Crippen LogP contribution in [0.5, 0.6) is 0 Å². The molecule has 1 N–H and O–H groups in total. The smallest absolute Gasteiger partial charge is 0.226 e. The van der Waals surface area contributed by atoms with Gasteiger partial charge in [0, 0.05) is 24.9 Å². The van der Waals surface area contributed by atoms with Crippen LogP contribution < -0.4 is 5.32 Å². The lowest BCUT2D eigenvalue weighted by atomic mass is 9.87. The van der Waals surface area contributed by atoms with Gasteiger partial charge >= 0.3 is 0 Å². The Morgan fingerprint density at radius 3 is 3.00 bits per heavy atom. The number of pyridine rings is 1. The lowest BCUT2D eigenvalue weighted by Gasteiger charge is -2.35. The number of likely N-dealkylation sites (tertiary alicyclic amines) is 1. The average Bonchev–Trinajstić information content (AvgIpc) is 2.86. The van der Waals surface area contributed by atoms with Gasteiger partial charge in [0.15, 0.2) is 0 Å². The molecule has 4 nitrogen and oxygen atoms in total. The van der Waals surface area contributed by atoms with Gasteiger partial charge in [-0.25, -0.2) is 0 Å². The summed E-state index contributed by atoms with van der Waals surface area (Å²) in [6, 6.07) is 4.27. The van der Waals surface area contributed by atoms with Crippen molar-refractivity contribution in [2.24, 2.45) is 11.8 Å². The Bertz CT molecular complexity index is 444. The molecule has 19 heavy (non-hydrogen) atoms. The van der Waals surface area contributed by atoms with E-state index in [1.54, 1.807) is 6.20 Å². The lowest BCUT2D eigenvalue weighted by Crippen LogP contribution is -2.50. The van der Waals surface area contributed by atoms with Gasteiger partial charge in [-0.05, 0) is 43.5 Å². The fraction of sp³-hybridized carbons (Fsp3) is 0.600. The SMILES string of the molecule is CC(C(=O)N1CCCC1c1cccnc1)C1CNC1. The highest BCUT2D eigenvalue weighted by atomic mass is 16.2. The summed E-state index contributed by atoms with van der Waals surface area (Å²) >= 11 is 0. The minimum atomic E-state index is 0.138.